The third-order valence-corrected chi connectivity index (χ3v) is 10.3. The summed E-state index contributed by atoms with van der Waals surface area (Å²) < 4.78 is 0. The maximum Gasteiger partial charge on any atom is 0.0431 e. The molecule has 1 nitrogen and oxygen atoms in total. The first-order chi connectivity index (χ1) is 11.9. The van der Waals surface area contributed by atoms with Gasteiger partial charge in [0.15, 0.2) is 0 Å². The molecule has 0 radical (unpaired) electrons. The van der Waals surface area contributed by atoms with E-state index in [9.17, 15) is 5.11 Å². The minimum atomic E-state index is 0.381. The smallest absolute Gasteiger partial charge is 0.0431 e. The fraction of sp³-hybridized carbons (Fsp3) is 1.00. The van der Waals surface area contributed by atoms with Crippen LogP contribution in [0.5, 0.6) is 0 Å². The molecule has 0 aromatic rings. The Labute approximate surface area is 156 Å². The highest BCUT2D eigenvalue weighted by molar-refractivity contribution is 5.13. The fourth-order valence-electron chi connectivity index (χ4n) is 9.06. The average molecular weight is 347 g/mol. The average Bonchev–Trinajstić information content (AvgIpc) is 2.92. The van der Waals surface area contributed by atoms with Crippen molar-refractivity contribution in [2.45, 2.75) is 104 Å². The van der Waals surface area contributed by atoms with E-state index in [0.29, 0.717) is 22.9 Å². The zero-order chi connectivity index (χ0) is 17.7. The lowest BCUT2D eigenvalue weighted by Gasteiger charge is -2.65. The monoisotopic (exact) mass is 346 g/mol. The number of aliphatic hydroxyl groups excluding tert-OH is 1. The Hall–Kier alpha value is -0.0400. The second kappa shape index (κ2) is 6.54. The number of hydrogen-bond acceptors (Lipinski definition) is 1. The number of hydrogen-bond donors (Lipinski definition) is 1. The maximum absolute atomic E-state index is 9.17. The van der Waals surface area contributed by atoms with Crippen LogP contribution in [0.2, 0.25) is 0 Å². The molecule has 7 atom stereocenters. The SMILES string of the molecule is CC12CCCCC1CCC1(C)C2CCC2(C)C(CCCCO)CCC21. The van der Waals surface area contributed by atoms with Crippen molar-refractivity contribution in [1.82, 2.24) is 0 Å². The molecule has 0 aromatic heterocycles. The first-order valence-electron chi connectivity index (χ1n) is 11.6. The van der Waals surface area contributed by atoms with E-state index in [1.807, 2.05) is 0 Å². The van der Waals surface area contributed by atoms with Gasteiger partial charge in [0.25, 0.3) is 0 Å². The molecule has 4 rings (SSSR count). The molecule has 4 fully saturated rings. The van der Waals surface area contributed by atoms with Gasteiger partial charge in [0.05, 0.1) is 0 Å². The van der Waals surface area contributed by atoms with Gasteiger partial charge in [0, 0.05) is 6.61 Å². The van der Waals surface area contributed by atoms with Crippen LogP contribution in [0.15, 0.2) is 0 Å². The lowest BCUT2D eigenvalue weighted by Crippen LogP contribution is -2.58. The Morgan fingerprint density at radius 3 is 2.28 bits per heavy atom. The molecule has 4 saturated carbocycles. The van der Waals surface area contributed by atoms with Crippen LogP contribution in [0.4, 0.5) is 0 Å². The zero-order valence-electron chi connectivity index (χ0n) is 17.2. The summed E-state index contributed by atoms with van der Waals surface area (Å²) in [6, 6.07) is 0. The molecule has 0 bridgehead atoms. The highest BCUT2D eigenvalue weighted by Gasteiger charge is 2.64. The quantitative estimate of drug-likeness (QED) is 0.569. The van der Waals surface area contributed by atoms with Crippen LogP contribution in [0.25, 0.3) is 0 Å². The van der Waals surface area contributed by atoms with E-state index in [-0.39, 0.29) is 0 Å². The molecule has 0 spiro atoms. The van der Waals surface area contributed by atoms with Crippen LogP contribution in [0, 0.1) is 39.9 Å². The van der Waals surface area contributed by atoms with Crippen molar-refractivity contribution in [3.8, 4) is 0 Å². The van der Waals surface area contributed by atoms with Crippen molar-refractivity contribution in [1.29, 1.82) is 0 Å². The van der Waals surface area contributed by atoms with Gasteiger partial charge >= 0.3 is 0 Å². The summed E-state index contributed by atoms with van der Waals surface area (Å²) in [6.07, 6.45) is 18.6. The molecule has 144 valence electrons. The van der Waals surface area contributed by atoms with Crippen molar-refractivity contribution in [2.75, 3.05) is 6.61 Å². The molecule has 0 aliphatic heterocycles. The molecule has 1 heteroatoms. The normalized spacial score (nSPS) is 52.3. The third kappa shape index (κ3) is 2.66. The van der Waals surface area contributed by atoms with Gasteiger partial charge in [0.2, 0.25) is 0 Å². The van der Waals surface area contributed by atoms with Crippen LogP contribution in [-0.2, 0) is 0 Å². The highest BCUT2D eigenvalue weighted by Crippen LogP contribution is 2.72. The van der Waals surface area contributed by atoms with Crippen LogP contribution >= 0.6 is 0 Å². The largest absolute Gasteiger partial charge is 0.396 e. The highest BCUT2D eigenvalue weighted by atomic mass is 16.2. The Morgan fingerprint density at radius 1 is 0.720 bits per heavy atom. The second-order valence-electron chi connectivity index (χ2n) is 11.1. The number of fused-ring (bicyclic) bond motifs is 5. The van der Waals surface area contributed by atoms with Gasteiger partial charge in [-0.25, -0.2) is 0 Å². The topological polar surface area (TPSA) is 20.2 Å². The van der Waals surface area contributed by atoms with Gasteiger partial charge in [-0.1, -0.05) is 40.0 Å². The first-order valence-corrected chi connectivity index (χ1v) is 11.6. The second-order valence-corrected chi connectivity index (χ2v) is 11.1. The van der Waals surface area contributed by atoms with Crippen molar-refractivity contribution in [2.24, 2.45) is 39.9 Å². The van der Waals surface area contributed by atoms with Gasteiger partial charge in [-0.2, -0.15) is 0 Å². The number of unbranched alkanes of at least 4 members (excludes halogenated alkanes) is 1. The molecule has 4 aliphatic carbocycles. The lowest BCUT2D eigenvalue weighted by molar-refractivity contribution is -0.164. The van der Waals surface area contributed by atoms with Crippen molar-refractivity contribution >= 4 is 0 Å². The van der Waals surface area contributed by atoms with E-state index in [1.54, 1.807) is 0 Å². The van der Waals surface area contributed by atoms with E-state index in [4.69, 9.17) is 0 Å². The summed E-state index contributed by atoms with van der Waals surface area (Å²) in [7, 11) is 0. The van der Waals surface area contributed by atoms with Gasteiger partial charge < -0.3 is 5.11 Å². The summed E-state index contributed by atoms with van der Waals surface area (Å²) >= 11 is 0. The summed E-state index contributed by atoms with van der Waals surface area (Å²) in [5.74, 6) is 3.93. The van der Waals surface area contributed by atoms with E-state index in [0.717, 1.165) is 30.1 Å². The van der Waals surface area contributed by atoms with Crippen LogP contribution in [0.3, 0.4) is 0 Å². The predicted octanol–water partition coefficient (Wildman–Crippen LogP) is 6.59. The number of rotatable bonds is 4. The van der Waals surface area contributed by atoms with Crippen molar-refractivity contribution < 1.29 is 5.11 Å². The van der Waals surface area contributed by atoms with Crippen LogP contribution in [0.1, 0.15) is 104 Å². The van der Waals surface area contributed by atoms with Crippen molar-refractivity contribution in [3.63, 3.8) is 0 Å². The maximum atomic E-state index is 9.17. The summed E-state index contributed by atoms with van der Waals surface area (Å²) in [4.78, 5) is 0. The first kappa shape index (κ1) is 18.3. The summed E-state index contributed by atoms with van der Waals surface area (Å²) in [6.45, 7) is 8.48. The minimum absolute atomic E-state index is 0.381. The van der Waals surface area contributed by atoms with E-state index in [1.165, 1.54) is 77.0 Å². The summed E-state index contributed by atoms with van der Waals surface area (Å²) in [5, 5.41) is 9.17. The minimum Gasteiger partial charge on any atom is -0.396 e. The molecule has 0 heterocycles. The Balaban J connectivity index is 1.57. The molecular formula is C24H42O. The standard InChI is InChI=1S/C24H42O/c1-22-14-6-4-8-19(22)12-15-24(3)20-11-10-18(9-5-7-17-25)23(20,2)16-13-21(22)24/h18-21,25H,4-17H2,1-3H3. The van der Waals surface area contributed by atoms with Crippen molar-refractivity contribution in [3.05, 3.63) is 0 Å². The number of aliphatic hydroxyl groups is 1. The molecule has 1 N–H and O–H groups in total. The van der Waals surface area contributed by atoms with Gasteiger partial charge in [0.1, 0.15) is 0 Å². The van der Waals surface area contributed by atoms with Crippen LogP contribution < -0.4 is 0 Å². The molecule has 7 unspecified atom stereocenters. The molecule has 0 saturated heterocycles. The van der Waals surface area contributed by atoms with Gasteiger partial charge in [-0.15, -0.1) is 0 Å². The molecule has 0 amide bonds. The Kier molecular flexibility index (Phi) is 4.79. The molecular weight excluding hydrogens is 304 g/mol. The molecule has 4 aliphatic rings. The van der Waals surface area contributed by atoms with E-state index in [2.05, 4.69) is 20.8 Å². The predicted molar refractivity (Wildman–Crippen MR) is 105 cm³/mol. The third-order valence-electron chi connectivity index (χ3n) is 10.3. The summed E-state index contributed by atoms with van der Waals surface area (Å²) in [5.41, 5.74) is 1.86. The van der Waals surface area contributed by atoms with E-state index >= 15 is 0 Å². The van der Waals surface area contributed by atoms with Gasteiger partial charge in [-0.05, 0) is 104 Å². The Bertz CT molecular complexity index is 486. The van der Waals surface area contributed by atoms with Gasteiger partial charge in [-0.3, -0.25) is 0 Å². The molecule has 25 heavy (non-hydrogen) atoms. The molecule has 0 aromatic carbocycles. The zero-order valence-corrected chi connectivity index (χ0v) is 17.2. The van der Waals surface area contributed by atoms with Crippen LogP contribution in [-0.4, -0.2) is 11.7 Å². The van der Waals surface area contributed by atoms with E-state index < -0.39 is 0 Å². The lowest BCUT2D eigenvalue weighted by atomic mass is 9.39. The fourth-order valence-corrected chi connectivity index (χ4v) is 9.06. The Morgan fingerprint density at radius 2 is 1.48 bits per heavy atom.